The Labute approximate surface area is 135 Å². The molecular formula is C19H18N2O2. The van der Waals surface area contributed by atoms with Gasteiger partial charge in [0.1, 0.15) is 0 Å². The normalized spacial score (nSPS) is 10.6. The molecule has 0 saturated heterocycles. The van der Waals surface area contributed by atoms with Gasteiger partial charge in [-0.2, -0.15) is 0 Å². The van der Waals surface area contributed by atoms with Gasteiger partial charge in [0, 0.05) is 24.7 Å². The van der Waals surface area contributed by atoms with Gasteiger partial charge in [-0.1, -0.05) is 48.5 Å². The minimum absolute atomic E-state index is 0.0933. The Morgan fingerprint density at radius 1 is 1.00 bits per heavy atom. The summed E-state index contributed by atoms with van der Waals surface area (Å²) in [6.45, 7) is 1.10. The first-order valence-electron chi connectivity index (χ1n) is 7.58. The van der Waals surface area contributed by atoms with Crippen molar-refractivity contribution in [3.63, 3.8) is 0 Å². The number of carboxylic acid groups (broad SMARTS) is 1. The summed E-state index contributed by atoms with van der Waals surface area (Å²) in [7, 11) is 0. The van der Waals surface area contributed by atoms with Gasteiger partial charge < -0.3 is 10.0 Å². The van der Waals surface area contributed by atoms with E-state index in [0.717, 1.165) is 22.2 Å². The summed E-state index contributed by atoms with van der Waals surface area (Å²) in [4.78, 5) is 17.6. The summed E-state index contributed by atoms with van der Waals surface area (Å²) in [6.07, 6.45) is 1.86. The third-order valence-corrected chi connectivity index (χ3v) is 3.76. The molecule has 1 aromatic heterocycles. The number of carbonyl (C=O) groups is 1. The van der Waals surface area contributed by atoms with E-state index < -0.39 is 5.97 Å². The molecule has 3 aromatic rings. The van der Waals surface area contributed by atoms with Crippen LogP contribution >= 0.6 is 0 Å². The number of rotatable bonds is 6. The molecule has 0 aliphatic rings. The first kappa shape index (κ1) is 15.0. The van der Waals surface area contributed by atoms with Crippen molar-refractivity contribution < 1.29 is 9.90 Å². The van der Waals surface area contributed by atoms with Crippen molar-refractivity contribution in [1.29, 1.82) is 0 Å². The molecule has 0 atom stereocenters. The molecule has 23 heavy (non-hydrogen) atoms. The van der Waals surface area contributed by atoms with E-state index in [2.05, 4.69) is 9.88 Å². The van der Waals surface area contributed by atoms with Gasteiger partial charge in [0.2, 0.25) is 0 Å². The molecule has 0 aliphatic heterocycles. The summed E-state index contributed by atoms with van der Waals surface area (Å²) in [5.74, 6) is -0.795. The highest BCUT2D eigenvalue weighted by atomic mass is 16.4. The summed E-state index contributed by atoms with van der Waals surface area (Å²) >= 11 is 0. The quantitative estimate of drug-likeness (QED) is 0.754. The van der Waals surface area contributed by atoms with Gasteiger partial charge in [-0.25, -0.2) is 0 Å². The predicted octanol–water partition coefficient (Wildman–Crippen LogP) is 3.72. The number of aromatic nitrogens is 1. The number of para-hydroxylation sites is 1. The van der Waals surface area contributed by atoms with Gasteiger partial charge >= 0.3 is 5.97 Å². The third kappa shape index (κ3) is 3.66. The van der Waals surface area contributed by atoms with Crippen molar-refractivity contribution in [2.75, 3.05) is 11.4 Å². The van der Waals surface area contributed by atoms with Gasteiger partial charge in [0.05, 0.1) is 17.6 Å². The highest BCUT2D eigenvalue weighted by Gasteiger charge is 2.13. The van der Waals surface area contributed by atoms with E-state index in [9.17, 15) is 4.79 Å². The van der Waals surface area contributed by atoms with Gasteiger partial charge in [0.25, 0.3) is 0 Å². The maximum Gasteiger partial charge on any atom is 0.305 e. The van der Waals surface area contributed by atoms with E-state index >= 15 is 0 Å². The van der Waals surface area contributed by atoms with Crippen LogP contribution in [0.4, 0.5) is 5.69 Å². The summed E-state index contributed by atoms with van der Waals surface area (Å²) in [5.41, 5.74) is 3.01. The Morgan fingerprint density at radius 2 is 1.78 bits per heavy atom. The molecule has 0 bridgehead atoms. The van der Waals surface area contributed by atoms with Crippen LogP contribution in [0.3, 0.4) is 0 Å². The molecule has 0 amide bonds. The Hall–Kier alpha value is -2.88. The average molecular weight is 306 g/mol. The van der Waals surface area contributed by atoms with Crippen molar-refractivity contribution >= 4 is 22.6 Å². The van der Waals surface area contributed by atoms with Gasteiger partial charge in [0.15, 0.2) is 0 Å². The van der Waals surface area contributed by atoms with Crippen molar-refractivity contribution in [2.45, 2.75) is 13.0 Å². The highest BCUT2D eigenvalue weighted by molar-refractivity contribution is 5.90. The fourth-order valence-corrected chi connectivity index (χ4v) is 2.66. The van der Waals surface area contributed by atoms with Crippen LogP contribution in [-0.2, 0) is 11.3 Å². The zero-order chi connectivity index (χ0) is 16.1. The second-order valence-electron chi connectivity index (χ2n) is 5.40. The number of nitrogens with zero attached hydrogens (tertiary/aromatic N) is 2. The second kappa shape index (κ2) is 6.92. The predicted molar refractivity (Wildman–Crippen MR) is 91.5 cm³/mol. The molecule has 3 rings (SSSR count). The third-order valence-electron chi connectivity index (χ3n) is 3.76. The van der Waals surface area contributed by atoms with Crippen LogP contribution in [0.1, 0.15) is 12.0 Å². The molecule has 0 aliphatic carbocycles. The van der Waals surface area contributed by atoms with E-state index in [1.54, 1.807) is 6.20 Å². The smallest absolute Gasteiger partial charge is 0.305 e. The zero-order valence-corrected chi connectivity index (χ0v) is 12.7. The van der Waals surface area contributed by atoms with Crippen LogP contribution in [0.25, 0.3) is 10.9 Å². The zero-order valence-electron chi connectivity index (χ0n) is 12.7. The van der Waals surface area contributed by atoms with E-state index in [0.29, 0.717) is 13.1 Å². The Balaban J connectivity index is 1.97. The molecule has 1 heterocycles. The Bertz CT molecular complexity index is 797. The molecule has 4 nitrogen and oxygen atoms in total. The molecule has 4 heteroatoms. The Morgan fingerprint density at radius 3 is 2.57 bits per heavy atom. The number of anilines is 1. The molecule has 0 radical (unpaired) electrons. The van der Waals surface area contributed by atoms with Crippen LogP contribution in [0, 0.1) is 0 Å². The van der Waals surface area contributed by atoms with Crippen LogP contribution in [0.5, 0.6) is 0 Å². The van der Waals surface area contributed by atoms with E-state index in [1.165, 1.54) is 0 Å². The van der Waals surface area contributed by atoms with Crippen molar-refractivity contribution in [1.82, 2.24) is 4.98 Å². The first-order chi connectivity index (χ1) is 11.2. The number of hydrogen-bond donors (Lipinski definition) is 1. The van der Waals surface area contributed by atoms with E-state index in [4.69, 9.17) is 5.11 Å². The largest absolute Gasteiger partial charge is 0.481 e. The maximum atomic E-state index is 11.0. The van der Waals surface area contributed by atoms with Gasteiger partial charge in [-0.05, 0) is 17.7 Å². The molecular weight excluding hydrogens is 288 g/mol. The molecule has 2 aromatic carbocycles. The molecule has 0 saturated carbocycles. The molecule has 0 spiro atoms. The lowest BCUT2D eigenvalue weighted by molar-refractivity contribution is -0.136. The van der Waals surface area contributed by atoms with Crippen molar-refractivity contribution in [3.05, 3.63) is 72.4 Å². The lowest BCUT2D eigenvalue weighted by Crippen LogP contribution is -2.26. The minimum atomic E-state index is -0.795. The fraction of sp³-hybridized carbons (Fsp3) is 0.158. The standard InChI is InChI=1S/C19H18N2O2/c22-18(23)11-13-21(14-15-6-2-1-3-7-15)17-10-4-8-16-9-5-12-20-19(16)17/h1-10,12H,11,13-14H2,(H,22,23). The van der Waals surface area contributed by atoms with Crippen LogP contribution in [0.2, 0.25) is 0 Å². The SMILES string of the molecule is O=C(O)CCN(Cc1ccccc1)c1cccc2cccnc12. The van der Waals surface area contributed by atoms with Crippen molar-refractivity contribution in [3.8, 4) is 0 Å². The van der Waals surface area contributed by atoms with Gasteiger partial charge in [-0.3, -0.25) is 9.78 Å². The number of fused-ring (bicyclic) bond motifs is 1. The lowest BCUT2D eigenvalue weighted by Gasteiger charge is -2.25. The topological polar surface area (TPSA) is 53.4 Å². The Kier molecular flexibility index (Phi) is 4.52. The number of aliphatic carboxylic acids is 1. The fourth-order valence-electron chi connectivity index (χ4n) is 2.66. The molecule has 0 unspecified atom stereocenters. The number of carboxylic acids is 1. The monoisotopic (exact) mass is 306 g/mol. The highest BCUT2D eigenvalue weighted by Crippen LogP contribution is 2.26. The van der Waals surface area contributed by atoms with Crippen LogP contribution < -0.4 is 4.90 Å². The van der Waals surface area contributed by atoms with Crippen LogP contribution in [0.15, 0.2) is 66.9 Å². The number of hydrogen-bond acceptors (Lipinski definition) is 3. The number of pyridine rings is 1. The second-order valence-corrected chi connectivity index (χ2v) is 5.40. The number of benzene rings is 2. The summed E-state index contributed by atoms with van der Waals surface area (Å²) in [6, 6.07) is 20.0. The van der Waals surface area contributed by atoms with E-state index in [-0.39, 0.29) is 6.42 Å². The van der Waals surface area contributed by atoms with Crippen molar-refractivity contribution in [2.24, 2.45) is 0 Å². The van der Waals surface area contributed by atoms with Crippen LogP contribution in [-0.4, -0.2) is 22.6 Å². The lowest BCUT2D eigenvalue weighted by atomic mass is 10.1. The maximum absolute atomic E-state index is 11.0. The molecule has 0 fully saturated rings. The summed E-state index contributed by atoms with van der Waals surface area (Å²) in [5, 5.41) is 10.1. The summed E-state index contributed by atoms with van der Waals surface area (Å²) < 4.78 is 0. The molecule has 1 N–H and O–H groups in total. The first-order valence-corrected chi connectivity index (χ1v) is 7.58. The molecule has 116 valence electrons. The van der Waals surface area contributed by atoms with Gasteiger partial charge in [-0.15, -0.1) is 0 Å². The average Bonchev–Trinajstić information content (AvgIpc) is 2.59. The van der Waals surface area contributed by atoms with E-state index in [1.807, 2.05) is 60.7 Å². The minimum Gasteiger partial charge on any atom is -0.481 e.